The molecule has 6 nitrogen and oxygen atoms in total. The number of hydrogen-bond acceptors (Lipinski definition) is 4. The van der Waals surface area contributed by atoms with E-state index in [0.29, 0.717) is 17.7 Å². The standard InChI is InChI=1S/C32H36F2N4O2/c1-21(39)38(2)27-14-8-22(9-15-27)16-29(40)37-26-17-28(23-6-4-3-5-7-23)30(36-18-26)24-10-12-25(13-11-24)31(35)19-32(33,34)20-31/h3-7,10-13,17-18,22,27H,8-9,14-16,19-20,35H2,1-2H3,(H,37,40). The van der Waals surface area contributed by atoms with Crippen molar-refractivity contribution in [1.82, 2.24) is 9.88 Å². The molecule has 3 aromatic rings. The van der Waals surface area contributed by atoms with Crippen molar-refractivity contribution in [2.24, 2.45) is 11.7 Å². The number of halogens is 2. The minimum absolute atomic E-state index is 0.0492. The Kier molecular flexibility index (Phi) is 7.73. The van der Waals surface area contributed by atoms with E-state index in [4.69, 9.17) is 10.7 Å². The van der Waals surface area contributed by atoms with Crippen LogP contribution < -0.4 is 11.1 Å². The molecular weight excluding hydrogens is 510 g/mol. The van der Waals surface area contributed by atoms with E-state index in [1.54, 1.807) is 25.3 Å². The lowest BCUT2D eigenvalue weighted by molar-refractivity contribution is -0.130. The predicted molar refractivity (Wildman–Crippen MR) is 153 cm³/mol. The van der Waals surface area contributed by atoms with Crippen molar-refractivity contribution >= 4 is 17.5 Å². The first kappa shape index (κ1) is 27.9. The van der Waals surface area contributed by atoms with E-state index in [0.717, 1.165) is 48.1 Å². The first-order valence-corrected chi connectivity index (χ1v) is 13.9. The van der Waals surface area contributed by atoms with Crippen LogP contribution in [0.3, 0.4) is 0 Å². The second-order valence-electron chi connectivity index (χ2n) is 11.5. The molecule has 0 bridgehead atoms. The molecule has 2 fully saturated rings. The summed E-state index contributed by atoms with van der Waals surface area (Å²) in [6.07, 6.45) is 5.05. The predicted octanol–water partition coefficient (Wildman–Crippen LogP) is 6.36. The van der Waals surface area contributed by atoms with Gasteiger partial charge in [-0.2, -0.15) is 0 Å². The zero-order valence-corrected chi connectivity index (χ0v) is 23.0. The SMILES string of the molecule is CC(=O)N(C)C1CCC(CC(=O)Nc2cnc(-c3ccc(C4(N)CC(F)(F)C4)cc3)c(-c3ccccc3)c2)CC1. The molecule has 2 saturated carbocycles. The molecule has 0 aliphatic heterocycles. The van der Waals surface area contributed by atoms with Gasteiger partial charge in [0.15, 0.2) is 0 Å². The van der Waals surface area contributed by atoms with Crippen LogP contribution in [0.15, 0.2) is 66.9 Å². The zero-order valence-electron chi connectivity index (χ0n) is 23.0. The summed E-state index contributed by atoms with van der Waals surface area (Å²) in [6, 6.07) is 19.3. The third kappa shape index (κ3) is 6.07. The molecule has 5 rings (SSSR count). The quantitative estimate of drug-likeness (QED) is 0.361. The van der Waals surface area contributed by atoms with Gasteiger partial charge in [0.05, 0.1) is 23.1 Å². The first-order chi connectivity index (χ1) is 19.0. The number of aromatic nitrogens is 1. The maximum atomic E-state index is 13.5. The van der Waals surface area contributed by atoms with Crippen LogP contribution in [0.4, 0.5) is 14.5 Å². The number of anilines is 1. The summed E-state index contributed by atoms with van der Waals surface area (Å²) in [5.41, 5.74) is 9.90. The molecule has 2 aliphatic rings. The van der Waals surface area contributed by atoms with Crippen LogP contribution in [0, 0.1) is 5.92 Å². The van der Waals surface area contributed by atoms with E-state index in [1.165, 1.54) is 0 Å². The molecule has 2 aromatic carbocycles. The normalized spacial score (nSPS) is 21.2. The van der Waals surface area contributed by atoms with Crippen molar-refractivity contribution in [3.05, 3.63) is 72.4 Å². The summed E-state index contributed by atoms with van der Waals surface area (Å²) >= 11 is 0. The number of carbonyl (C=O) groups excluding carboxylic acids is 2. The minimum atomic E-state index is -2.71. The molecule has 40 heavy (non-hydrogen) atoms. The highest BCUT2D eigenvalue weighted by atomic mass is 19.3. The van der Waals surface area contributed by atoms with Crippen LogP contribution in [0.25, 0.3) is 22.4 Å². The molecule has 0 radical (unpaired) electrons. The van der Waals surface area contributed by atoms with Gasteiger partial charge in [-0.05, 0) is 48.8 Å². The Bertz CT molecular complexity index is 1360. The van der Waals surface area contributed by atoms with Gasteiger partial charge >= 0.3 is 0 Å². The molecule has 1 heterocycles. The highest BCUT2D eigenvalue weighted by molar-refractivity contribution is 5.93. The number of nitrogens with zero attached hydrogens (tertiary/aromatic N) is 2. The van der Waals surface area contributed by atoms with Crippen LogP contribution in [-0.4, -0.2) is 40.7 Å². The van der Waals surface area contributed by atoms with E-state index < -0.39 is 11.5 Å². The Morgan fingerprint density at radius 1 is 1.00 bits per heavy atom. The highest BCUT2D eigenvalue weighted by Crippen LogP contribution is 2.50. The molecule has 0 saturated heterocycles. The summed E-state index contributed by atoms with van der Waals surface area (Å²) in [5, 5.41) is 3.03. The van der Waals surface area contributed by atoms with E-state index in [1.807, 2.05) is 60.5 Å². The van der Waals surface area contributed by atoms with Gasteiger partial charge in [0, 0.05) is 50.4 Å². The number of benzene rings is 2. The molecule has 8 heteroatoms. The fraction of sp³-hybridized carbons (Fsp3) is 0.406. The Hall–Kier alpha value is -3.65. The van der Waals surface area contributed by atoms with E-state index in [2.05, 4.69) is 5.32 Å². The fourth-order valence-electron chi connectivity index (χ4n) is 6.10. The van der Waals surface area contributed by atoms with Crippen molar-refractivity contribution in [1.29, 1.82) is 0 Å². The molecule has 210 valence electrons. The van der Waals surface area contributed by atoms with E-state index in [-0.39, 0.29) is 36.6 Å². The topological polar surface area (TPSA) is 88.3 Å². The van der Waals surface area contributed by atoms with Gasteiger partial charge in [0.1, 0.15) is 0 Å². The second kappa shape index (κ2) is 11.1. The van der Waals surface area contributed by atoms with Crippen molar-refractivity contribution in [3.8, 4) is 22.4 Å². The minimum Gasteiger partial charge on any atom is -0.343 e. The van der Waals surface area contributed by atoms with Crippen LogP contribution in [0.5, 0.6) is 0 Å². The maximum Gasteiger partial charge on any atom is 0.252 e. The number of carbonyl (C=O) groups is 2. The number of nitrogens with two attached hydrogens (primary N) is 1. The Labute approximate surface area is 234 Å². The van der Waals surface area contributed by atoms with Gasteiger partial charge in [-0.3, -0.25) is 14.6 Å². The first-order valence-electron chi connectivity index (χ1n) is 13.9. The molecule has 3 N–H and O–H groups in total. The van der Waals surface area contributed by atoms with Gasteiger partial charge in [0.2, 0.25) is 11.8 Å². The lowest BCUT2D eigenvalue weighted by Gasteiger charge is -2.44. The summed E-state index contributed by atoms with van der Waals surface area (Å²) < 4.78 is 27.0. The molecule has 0 spiro atoms. The van der Waals surface area contributed by atoms with Crippen molar-refractivity contribution in [2.45, 2.75) is 69.4 Å². The number of alkyl halides is 2. The maximum absolute atomic E-state index is 13.5. The number of rotatable bonds is 7. The molecule has 0 atom stereocenters. The van der Waals surface area contributed by atoms with Gasteiger partial charge < -0.3 is 16.0 Å². The van der Waals surface area contributed by atoms with Gasteiger partial charge in [-0.1, -0.05) is 54.6 Å². The van der Waals surface area contributed by atoms with E-state index in [9.17, 15) is 18.4 Å². The highest BCUT2D eigenvalue weighted by Gasteiger charge is 2.55. The Morgan fingerprint density at radius 3 is 2.25 bits per heavy atom. The van der Waals surface area contributed by atoms with Crippen molar-refractivity contribution in [3.63, 3.8) is 0 Å². The summed E-state index contributed by atoms with van der Waals surface area (Å²) in [6.45, 7) is 1.59. The molecule has 1 aromatic heterocycles. The molecule has 0 unspecified atom stereocenters. The number of hydrogen-bond donors (Lipinski definition) is 2. The zero-order chi connectivity index (χ0) is 28.5. The number of amides is 2. The van der Waals surface area contributed by atoms with Crippen molar-refractivity contribution < 1.29 is 18.4 Å². The fourth-order valence-corrected chi connectivity index (χ4v) is 6.10. The monoisotopic (exact) mass is 546 g/mol. The summed E-state index contributed by atoms with van der Waals surface area (Å²) in [5.74, 6) is -2.39. The smallest absolute Gasteiger partial charge is 0.252 e. The van der Waals surface area contributed by atoms with Crippen molar-refractivity contribution in [2.75, 3.05) is 12.4 Å². The Balaban J connectivity index is 1.30. The van der Waals surface area contributed by atoms with Crippen LogP contribution >= 0.6 is 0 Å². The van der Waals surface area contributed by atoms with Gasteiger partial charge in [-0.15, -0.1) is 0 Å². The largest absolute Gasteiger partial charge is 0.343 e. The third-order valence-electron chi connectivity index (χ3n) is 8.47. The second-order valence-corrected chi connectivity index (χ2v) is 11.5. The average molecular weight is 547 g/mol. The van der Waals surface area contributed by atoms with Gasteiger partial charge in [-0.25, -0.2) is 8.78 Å². The summed E-state index contributed by atoms with van der Waals surface area (Å²) in [4.78, 5) is 31.1. The third-order valence-corrected chi connectivity index (χ3v) is 8.47. The lowest BCUT2D eigenvalue weighted by Crippen LogP contribution is -2.55. The Morgan fingerprint density at radius 2 is 1.65 bits per heavy atom. The molecular formula is C32H36F2N4O2. The number of pyridine rings is 1. The van der Waals surface area contributed by atoms with Gasteiger partial charge in [0.25, 0.3) is 5.92 Å². The van der Waals surface area contributed by atoms with Crippen LogP contribution in [0.2, 0.25) is 0 Å². The average Bonchev–Trinajstić information content (AvgIpc) is 2.92. The lowest BCUT2D eigenvalue weighted by atomic mass is 9.70. The molecule has 2 aliphatic carbocycles. The van der Waals surface area contributed by atoms with Crippen LogP contribution in [-0.2, 0) is 15.1 Å². The van der Waals surface area contributed by atoms with Crippen LogP contribution in [0.1, 0.15) is 57.4 Å². The summed E-state index contributed by atoms with van der Waals surface area (Å²) in [7, 11) is 1.85. The number of nitrogens with one attached hydrogen (secondary N) is 1. The van der Waals surface area contributed by atoms with E-state index >= 15 is 0 Å². The molecule has 2 amide bonds.